The Kier molecular flexibility index (Phi) is 5.45. The molecule has 0 bridgehead atoms. The first-order chi connectivity index (χ1) is 7.66. The lowest BCUT2D eigenvalue weighted by Crippen LogP contribution is -2.13. The van der Waals surface area contributed by atoms with Gasteiger partial charge in [0.2, 0.25) is 0 Å². The van der Waals surface area contributed by atoms with E-state index in [1.165, 1.54) is 0 Å². The first-order valence-electron chi connectivity index (χ1n) is 5.08. The normalized spacial score (nSPS) is 10.5. The molecule has 0 aliphatic rings. The van der Waals surface area contributed by atoms with Crippen LogP contribution in [-0.2, 0) is 4.74 Å². The van der Waals surface area contributed by atoms with E-state index in [-0.39, 0.29) is 6.61 Å². The van der Waals surface area contributed by atoms with Crippen LogP contribution >= 0.6 is 11.6 Å². The van der Waals surface area contributed by atoms with E-state index in [0.717, 1.165) is 16.9 Å². The summed E-state index contributed by atoms with van der Waals surface area (Å²) in [5, 5.41) is 19.8. The average molecular weight is 246 g/mol. The Balaban J connectivity index is 2.45. The van der Waals surface area contributed by atoms with Crippen LogP contribution in [0.5, 0.6) is 0 Å². The van der Waals surface area contributed by atoms with Gasteiger partial charge in [-0.15, -0.1) is 10.2 Å². The number of hydrogen-bond donors (Lipinski definition) is 2. The molecule has 0 aliphatic carbocycles. The third kappa shape index (κ3) is 3.59. The molecule has 0 aromatic carbocycles. The van der Waals surface area contributed by atoms with Gasteiger partial charge in [0.25, 0.3) is 0 Å². The number of ether oxygens (including phenoxy) is 1. The summed E-state index contributed by atoms with van der Waals surface area (Å²) >= 11 is 5.83. The van der Waals surface area contributed by atoms with Crippen molar-refractivity contribution in [2.24, 2.45) is 0 Å². The standard InChI is InChI=1S/C10H16ClN3O2/c1-7-8(2)10(14-13-9(7)11)12-3-5-16-6-4-15/h15H,3-6H2,1-2H3,(H,12,14). The quantitative estimate of drug-likeness (QED) is 0.737. The van der Waals surface area contributed by atoms with E-state index in [0.29, 0.717) is 24.9 Å². The molecule has 0 unspecified atom stereocenters. The predicted octanol–water partition coefficient (Wildman–Crippen LogP) is 1.17. The molecule has 0 radical (unpaired) electrons. The second-order valence-electron chi connectivity index (χ2n) is 3.35. The molecule has 1 heterocycles. The summed E-state index contributed by atoms with van der Waals surface area (Å²) in [6, 6.07) is 0. The topological polar surface area (TPSA) is 67.3 Å². The first kappa shape index (κ1) is 13.2. The summed E-state index contributed by atoms with van der Waals surface area (Å²) in [6.07, 6.45) is 0. The molecule has 1 aromatic rings. The predicted molar refractivity (Wildman–Crippen MR) is 62.9 cm³/mol. The van der Waals surface area contributed by atoms with Crippen LogP contribution in [0.15, 0.2) is 0 Å². The fourth-order valence-electron chi connectivity index (χ4n) is 1.15. The third-order valence-corrected chi connectivity index (χ3v) is 2.60. The van der Waals surface area contributed by atoms with E-state index in [9.17, 15) is 0 Å². The number of nitrogens with zero attached hydrogens (tertiary/aromatic N) is 2. The van der Waals surface area contributed by atoms with Crippen LogP contribution in [0.3, 0.4) is 0 Å². The number of halogens is 1. The number of aliphatic hydroxyl groups is 1. The molecule has 6 heteroatoms. The molecule has 0 fully saturated rings. The Morgan fingerprint density at radius 3 is 2.69 bits per heavy atom. The number of aliphatic hydroxyl groups excluding tert-OH is 1. The zero-order valence-electron chi connectivity index (χ0n) is 9.46. The molecule has 1 aromatic heterocycles. The maximum Gasteiger partial charge on any atom is 0.155 e. The number of nitrogens with one attached hydrogen (secondary N) is 1. The number of anilines is 1. The molecule has 0 saturated carbocycles. The van der Waals surface area contributed by atoms with Gasteiger partial charge in [0, 0.05) is 6.54 Å². The lowest BCUT2D eigenvalue weighted by Gasteiger charge is -2.10. The van der Waals surface area contributed by atoms with E-state index >= 15 is 0 Å². The Hall–Kier alpha value is -0.910. The molecule has 0 aliphatic heterocycles. The summed E-state index contributed by atoms with van der Waals surface area (Å²) < 4.78 is 5.11. The molecule has 0 saturated heterocycles. The van der Waals surface area contributed by atoms with Crippen LogP contribution in [0.25, 0.3) is 0 Å². The van der Waals surface area contributed by atoms with Crippen LogP contribution in [0.2, 0.25) is 5.15 Å². The minimum Gasteiger partial charge on any atom is -0.394 e. The van der Waals surface area contributed by atoms with Gasteiger partial charge in [0.05, 0.1) is 19.8 Å². The monoisotopic (exact) mass is 245 g/mol. The average Bonchev–Trinajstić information content (AvgIpc) is 2.28. The smallest absolute Gasteiger partial charge is 0.155 e. The van der Waals surface area contributed by atoms with Crippen LogP contribution in [0.1, 0.15) is 11.1 Å². The van der Waals surface area contributed by atoms with E-state index in [1.807, 2.05) is 13.8 Å². The molecule has 90 valence electrons. The molecule has 0 spiro atoms. The van der Waals surface area contributed by atoms with Crippen molar-refractivity contribution in [3.05, 3.63) is 16.3 Å². The zero-order chi connectivity index (χ0) is 12.0. The maximum absolute atomic E-state index is 8.51. The highest BCUT2D eigenvalue weighted by atomic mass is 35.5. The SMILES string of the molecule is Cc1c(Cl)nnc(NCCOCCO)c1C. The first-order valence-corrected chi connectivity index (χ1v) is 5.46. The largest absolute Gasteiger partial charge is 0.394 e. The van der Waals surface area contributed by atoms with Crippen LogP contribution < -0.4 is 5.32 Å². The van der Waals surface area contributed by atoms with Crippen molar-refractivity contribution >= 4 is 17.4 Å². The van der Waals surface area contributed by atoms with E-state index in [2.05, 4.69) is 15.5 Å². The van der Waals surface area contributed by atoms with Gasteiger partial charge in [-0.3, -0.25) is 0 Å². The second kappa shape index (κ2) is 6.62. The highest BCUT2D eigenvalue weighted by Gasteiger charge is 2.06. The maximum atomic E-state index is 8.51. The number of aromatic nitrogens is 2. The lowest BCUT2D eigenvalue weighted by molar-refractivity contribution is 0.0992. The number of rotatable bonds is 6. The fraction of sp³-hybridized carbons (Fsp3) is 0.600. The van der Waals surface area contributed by atoms with Crippen molar-refractivity contribution in [3.63, 3.8) is 0 Å². The minimum absolute atomic E-state index is 0.0406. The van der Waals surface area contributed by atoms with Gasteiger partial charge < -0.3 is 15.2 Å². The summed E-state index contributed by atoms with van der Waals surface area (Å²) in [6.45, 7) is 5.37. The Morgan fingerprint density at radius 1 is 1.25 bits per heavy atom. The Morgan fingerprint density at radius 2 is 2.00 bits per heavy atom. The molecular weight excluding hydrogens is 230 g/mol. The van der Waals surface area contributed by atoms with E-state index in [1.54, 1.807) is 0 Å². The van der Waals surface area contributed by atoms with Crippen molar-refractivity contribution in [2.75, 3.05) is 31.7 Å². The number of hydrogen-bond acceptors (Lipinski definition) is 5. The molecule has 5 nitrogen and oxygen atoms in total. The van der Waals surface area contributed by atoms with Crippen molar-refractivity contribution < 1.29 is 9.84 Å². The van der Waals surface area contributed by atoms with E-state index < -0.39 is 0 Å². The molecule has 2 N–H and O–H groups in total. The third-order valence-electron chi connectivity index (χ3n) is 2.24. The fourth-order valence-corrected chi connectivity index (χ4v) is 1.33. The molecule has 1 rings (SSSR count). The lowest BCUT2D eigenvalue weighted by atomic mass is 10.2. The van der Waals surface area contributed by atoms with E-state index in [4.69, 9.17) is 21.4 Å². The zero-order valence-corrected chi connectivity index (χ0v) is 10.2. The molecule has 0 atom stereocenters. The van der Waals surface area contributed by atoms with Gasteiger partial charge in [-0.2, -0.15) is 0 Å². The highest BCUT2D eigenvalue weighted by molar-refractivity contribution is 6.30. The Bertz CT molecular complexity index is 347. The van der Waals surface area contributed by atoms with Crippen molar-refractivity contribution in [3.8, 4) is 0 Å². The van der Waals surface area contributed by atoms with Gasteiger partial charge in [-0.05, 0) is 25.0 Å². The van der Waals surface area contributed by atoms with Crippen LogP contribution in [0.4, 0.5) is 5.82 Å². The second-order valence-corrected chi connectivity index (χ2v) is 3.71. The van der Waals surface area contributed by atoms with Gasteiger partial charge in [-0.1, -0.05) is 11.6 Å². The molecular formula is C10H16ClN3O2. The molecule has 0 amide bonds. The highest BCUT2D eigenvalue weighted by Crippen LogP contribution is 2.20. The Labute approximate surface area is 99.8 Å². The summed E-state index contributed by atoms with van der Waals surface area (Å²) in [4.78, 5) is 0. The minimum atomic E-state index is 0.0406. The van der Waals surface area contributed by atoms with Crippen molar-refractivity contribution in [1.82, 2.24) is 10.2 Å². The molecule has 16 heavy (non-hydrogen) atoms. The summed E-state index contributed by atoms with van der Waals surface area (Å²) in [5.74, 6) is 0.717. The van der Waals surface area contributed by atoms with Gasteiger partial charge >= 0.3 is 0 Å². The van der Waals surface area contributed by atoms with Crippen LogP contribution in [0, 0.1) is 13.8 Å². The summed E-state index contributed by atoms with van der Waals surface area (Å²) in [5.41, 5.74) is 1.91. The van der Waals surface area contributed by atoms with Crippen LogP contribution in [-0.4, -0.2) is 41.7 Å². The van der Waals surface area contributed by atoms with Gasteiger partial charge in [-0.25, -0.2) is 0 Å². The van der Waals surface area contributed by atoms with Crippen molar-refractivity contribution in [1.29, 1.82) is 0 Å². The van der Waals surface area contributed by atoms with Crippen molar-refractivity contribution in [2.45, 2.75) is 13.8 Å². The summed E-state index contributed by atoms with van der Waals surface area (Å²) in [7, 11) is 0. The van der Waals surface area contributed by atoms with Gasteiger partial charge in [0.1, 0.15) is 0 Å². The van der Waals surface area contributed by atoms with Gasteiger partial charge in [0.15, 0.2) is 11.0 Å².